The molecule has 0 aliphatic carbocycles. The molecule has 7 heteroatoms. The van der Waals surface area contributed by atoms with Crippen LogP contribution in [0.5, 0.6) is 0 Å². The number of ketones is 1. The Balaban J connectivity index is 2.88. The van der Waals surface area contributed by atoms with Gasteiger partial charge in [0.15, 0.2) is 5.78 Å². The molecule has 23 heavy (non-hydrogen) atoms. The van der Waals surface area contributed by atoms with Crippen molar-refractivity contribution in [2.24, 2.45) is 0 Å². The Kier molecular flexibility index (Phi) is 5.00. The predicted octanol–water partition coefficient (Wildman–Crippen LogP) is 2.82. The smallest absolute Gasteiger partial charge is 0.294 e. The molecule has 120 valence electrons. The van der Waals surface area contributed by atoms with Crippen molar-refractivity contribution < 1.29 is 9.72 Å². The molecule has 2 rings (SSSR count). The van der Waals surface area contributed by atoms with Crippen LogP contribution < -0.4 is 5.56 Å². The highest BCUT2D eigenvalue weighted by Gasteiger charge is 2.31. The summed E-state index contributed by atoms with van der Waals surface area (Å²) < 4.78 is 1.02. The normalized spacial score (nSPS) is 10.5. The van der Waals surface area contributed by atoms with Gasteiger partial charge < -0.3 is 0 Å². The Morgan fingerprint density at radius 2 is 1.91 bits per heavy atom. The summed E-state index contributed by atoms with van der Waals surface area (Å²) in [4.78, 5) is 35.3. The number of rotatable bonds is 6. The summed E-state index contributed by atoms with van der Waals surface area (Å²) >= 11 is 0. The second-order valence-electron chi connectivity index (χ2n) is 4.99. The lowest BCUT2D eigenvalue weighted by Gasteiger charge is -2.11. The maximum Gasteiger partial charge on any atom is 0.348 e. The van der Waals surface area contributed by atoms with Gasteiger partial charge in [0.1, 0.15) is 11.3 Å². The molecule has 7 nitrogen and oxygen atoms in total. The van der Waals surface area contributed by atoms with Gasteiger partial charge in [-0.25, -0.2) is 4.68 Å². The first-order chi connectivity index (χ1) is 11.0. The number of hydrogen-bond acceptors (Lipinski definition) is 5. The van der Waals surface area contributed by atoms with Crippen molar-refractivity contribution in [3.05, 3.63) is 56.4 Å². The van der Waals surface area contributed by atoms with Gasteiger partial charge in [0.05, 0.1) is 4.92 Å². The van der Waals surface area contributed by atoms with E-state index in [9.17, 15) is 19.7 Å². The minimum Gasteiger partial charge on any atom is -0.294 e. The quantitative estimate of drug-likeness (QED) is 0.464. The highest BCUT2D eigenvalue weighted by Crippen LogP contribution is 2.27. The summed E-state index contributed by atoms with van der Waals surface area (Å²) in [5, 5.41) is 15.6. The number of carbonyl (C=O) groups is 1. The maximum absolute atomic E-state index is 12.4. The Labute approximate surface area is 132 Å². The van der Waals surface area contributed by atoms with E-state index in [0.717, 1.165) is 4.68 Å². The summed E-state index contributed by atoms with van der Waals surface area (Å²) in [5.41, 5.74) is -0.997. The summed E-state index contributed by atoms with van der Waals surface area (Å²) in [6, 6.07) is 8.70. The fourth-order valence-electron chi connectivity index (χ4n) is 2.36. The van der Waals surface area contributed by atoms with Crippen molar-refractivity contribution >= 4 is 11.5 Å². The Bertz CT molecular complexity index is 797. The number of nitrogens with zero attached hydrogens (tertiary/aromatic N) is 3. The van der Waals surface area contributed by atoms with Crippen molar-refractivity contribution in [1.29, 1.82) is 0 Å². The largest absolute Gasteiger partial charge is 0.348 e. The standard InChI is InChI=1S/C16H17N3O4/c1-3-8-12(20)13-14(11-9-6-5-7-10-11)17-18(4-2)16(21)15(13)19(22)23/h5-7,9-10H,3-4,8H2,1-2H3. The van der Waals surface area contributed by atoms with Crippen molar-refractivity contribution in [3.63, 3.8) is 0 Å². The van der Waals surface area contributed by atoms with E-state index < -0.39 is 22.0 Å². The number of hydrogen-bond donors (Lipinski definition) is 0. The fraction of sp³-hybridized carbons (Fsp3) is 0.312. The van der Waals surface area contributed by atoms with Crippen LogP contribution in [0, 0.1) is 10.1 Å². The third kappa shape index (κ3) is 3.18. The molecule has 2 aromatic rings. The molecule has 0 radical (unpaired) electrons. The number of benzene rings is 1. The summed E-state index contributed by atoms with van der Waals surface area (Å²) in [6.07, 6.45) is 0.652. The Hall–Kier alpha value is -2.83. The maximum atomic E-state index is 12.4. The van der Waals surface area contributed by atoms with E-state index in [2.05, 4.69) is 5.10 Å². The number of aryl methyl sites for hydroxylation is 1. The van der Waals surface area contributed by atoms with Crippen molar-refractivity contribution in [2.45, 2.75) is 33.2 Å². The second-order valence-corrected chi connectivity index (χ2v) is 4.99. The summed E-state index contributed by atoms with van der Waals surface area (Å²) in [7, 11) is 0. The van der Waals surface area contributed by atoms with Crippen molar-refractivity contribution in [2.75, 3.05) is 0 Å². The molecule has 0 saturated heterocycles. The Morgan fingerprint density at radius 1 is 1.26 bits per heavy atom. The molecule has 1 aromatic carbocycles. The number of nitro groups is 1. The third-order valence-corrected chi connectivity index (χ3v) is 3.42. The van der Waals surface area contributed by atoms with Gasteiger partial charge in [-0.2, -0.15) is 5.10 Å². The molecule has 0 unspecified atom stereocenters. The van der Waals surface area contributed by atoms with Crippen LogP contribution in [-0.2, 0) is 6.54 Å². The van der Waals surface area contributed by atoms with E-state index in [0.29, 0.717) is 12.0 Å². The van der Waals surface area contributed by atoms with Gasteiger partial charge in [-0.05, 0) is 13.3 Å². The molecule has 0 amide bonds. The SMILES string of the molecule is CCCC(=O)c1c(-c2ccccc2)nn(CC)c(=O)c1[N+](=O)[O-]. The van der Waals surface area contributed by atoms with Crippen LogP contribution in [-0.4, -0.2) is 20.5 Å². The molecule has 0 aliphatic rings. The number of Topliss-reactive ketones (excluding diaryl/α,β-unsaturated/α-hetero) is 1. The van der Waals surface area contributed by atoms with Crippen molar-refractivity contribution in [1.82, 2.24) is 9.78 Å². The molecule has 0 aliphatic heterocycles. The minimum atomic E-state index is -0.850. The van der Waals surface area contributed by atoms with E-state index in [1.54, 1.807) is 44.2 Å². The summed E-state index contributed by atoms with van der Waals surface area (Å²) in [6.45, 7) is 3.65. The zero-order valence-corrected chi connectivity index (χ0v) is 13.0. The van der Waals surface area contributed by atoms with Gasteiger partial charge in [0.2, 0.25) is 0 Å². The second kappa shape index (κ2) is 6.95. The molecule has 0 saturated carbocycles. The van der Waals surface area contributed by atoms with Gasteiger partial charge in [0, 0.05) is 18.5 Å². The molecular weight excluding hydrogens is 298 g/mol. The molecule has 1 aromatic heterocycles. The molecule has 0 spiro atoms. The molecular formula is C16H17N3O4. The van der Waals surface area contributed by atoms with E-state index >= 15 is 0 Å². The lowest BCUT2D eigenvalue weighted by molar-refractivity contribution is -0.386. The van der Waals surface area contributed by atoms with Crippen LogP contribution in [0.3, 0.4) is 0 Å². The average Bonchev–Trinajstić information content (AvgIpc) is 2.55. The number of aromatic nitrogens is 2. The molecule has 1 heterocycles. The van der Waals surface area contributed by atoms with Gasteiger partial charge >= 0.3 is 11.2 Å². The molecule has 0 fully saturated rings. The van der Waals surface area contributed by atoms with Gasteiger partial charge in [0.25, 0.3) is 0 Å². The lowest BCUT2D eigenvalue weighted by Crippen LogP contribution is -2.28. The van der Waals surface area contributed by atoms with Crippen LogP contribution in [0.2, 0.25) is 0 Å². The van der Waals surface area contributed by atoms with Crippen LogP contribution in [0.15, 0.2) is 35.1 Å². The lowest BCUT2D eigenvalue weighted by atomic mass is 9.99. The van der Waals surface area contributed by atoms with E-state index in [1.165, 1.54) is 0 Å². The number of carbonyl (C=O) groups excluding carboxylic acids is 1. The molecule has 0 bridgehead atoms. The van der Waals surface area contributed by atoms with Crippen LogP contribution in [0.4, 0.5) is 5.69 Å². The van der Waals surface area contributed by atoms with E-state index in [4.69, 9.17) is 0 Å². The van der Waals surface area contributed by atoms with E-state index in [-0.39, 0.29) is 24.2 Å². The van der Waals surface area contributed by atoms with Crippen LogP contribution in [0.1, 0.15) is 37.0 Å². The topological polar surface area (TPSA) is 95.1 Å². The first kappa shape index (κ1) is 16.5. The average molecular weight is 315 g/mol. The van der Waals surface area contributed by atoms with Gasteiger partial charge in [-0.3, -0.25) is 19.7 Å². The fourth-order valence-corrected chi connectivity index (χ4v) is 2.36. The van der Waals surface area contributed by atoms with Gasteiger partial charge in [-0.1, -0.05) is 37.3 Å². The third-order valence-electron chi connectivity index (χ3n) is 3.42. The summed E-state index contributed by atoms with van der Waals surface area (Å²) in [5.74, 6) is -0.439. The van der Waals surface area contributed by atoms with Crippen LogP contribution >= 0.6 is 0 Å². The highest BCUT2D eigenvalue weighted by molar-refractivity contribution is 6.04. The zero-order chi connectivity index (χ0) is 17.0. The Morgan fingerprint density at radius 3 is 2.43 bits per heavy atom. The monoisotopic (exact) mass is 315 g/mol. The van der Waals surface area contributed by atoms with Crippen molar-refractivity contribution in [3.8, 4) is 11.3 Å². The molecule has 0 atom stereocenters. The van der Waals surface area contributed by atoms with Crippen LogP contribution in [0.25, 0.3) is 11.3 Å². The van der Waals surface area contributed by atoms with E-state index in [1.807, 2.05) is 0 Å². The zero-order valence-electron chi connectivity index (χ0n) is 13.0. The first-order valence-electron chi connectivity index (χ1n) is 7.39. The van der Waals surface area contributed by atoms with Gasteiger partial charge in [-0.15, -0.1) is 0 Å². The predicted molar refractivity (Wildman–Crippen MR) is 85.5 cm³/mol. The first-order valence-corrected chi connectivity index (χ1v) is 7.39. The molecule has 0 N–H and O–H groups in total. The highest BCUT2D eigenvalue weighted by atomic mass is 16.6. The minimum absolute atomic E-state index is 0.123.